The smallest absolute Gasteiger partial charge is 0.182 e. The number of rotatable bonds is 1. The third kappa shape index (κ3) is 2.19. The van der Waals surface area contributed by atoms with Crippen molar-refractivity contribution in [2.24, 2.45) is 0 Å². The van der Waals surface area contributed by atoms with Crippen molar-refractivity contribution in [3.8, 4) is 5.69 Å². The Bertz CT molecular complexity index is 888. The van der Waals surface area contributed by atoms with Crippen LogP contribution in [0.25, 0.3) is 16.7 Å². The molecule has 0 spiro atoms. The van der Waals surface area contributed by atoms with Crippen LogP contribution >= 0.6 is 51.3 Å². The van der Waals surface area contributed by atoms with Crippen LogP contribution in [0.3, 0.4) is 0 Å². The average Bonchev–Trinajstić information content (AvgIpc) is 2.69. The van der Waals surface area contributed by atoms with Gasteiger partial charge in [-0.1, -0.05) is 29.3 Å². The molecule has 2 nitrogen and oxygen atoms in total. The second kappa shape index (κ2) is 5.15. The van der Waals surface area contributed by atoms with Crippen LogP contribution < -0.4 is 0 Å². The van der Waals surface area contributed by atoms with Crippen LogP contribution in [-0.2, 0) is 0 Å². The van der Waals surface area contributed by atoms with Crippen molar-refractivity contribution in [2.75, 3.05) is 0 Å². The van der Waals surface area contributed by atoms with E-state index in [-0.39, 0.29) is 5.82 Å². The van der Waals surface area contributed by atoms with Gasteiger partial charge < -0.3 is 4.98 Å². The van der Waals surface area contributed by atoms with E-state index in [9.17, 15) is 4.39 Å². The van der Waals surface area contributed by atoms with Crippen molar-refractivity contribution >= 4 is 62.4 Å². The number of H-pyrrole nitrogens is 1. The molecule has 3 rings (SSSR count). The summed E-state index contributed by atoms with van der Waals surface area (Å²) < 4.78 is 16.2. The van der Waals surface area contributed by atoms with Crippen LogP contribution in [0, 0.1) is 10.6 Å². The maximum Gasteiger partial charge on any atom is 0.182 e. The number of aromatic nitrogens is 2. The molecule has 3 aromatic rings. The van der Waals surface area contributed by atoms with Gasteiger partial charge in [0.15, 0.2) is 4.77 Å². The number of halogens is 4. The van der Waals surface area contributed by atoms with E-state index in [0.717, 1.165) is 0 Å². The molecule has 0 aliphatic carbocycles. The molecular weight excluding hydrogens is 386 g/mol. The van der Waals surface area contributed by atoms with E-state index in [0.29, 0.717) is 36.0 Å². The average molecular weight is 392 g/mol. The lowest BCUT2D eigenvalue weighted by molar-refractivity contribution is 0.622. The first kappa shape index (κ1) is 14.1. The van der Waals surface area contributed by atoms with E-state index in [1.165, 1.54) is 6.07 Å². The largest absolute Gasteiger partial charge is 0.330 e. The summed E-state index contributed by atoms with van der Waals surface area (Å²) in [5.74, 6) is -0.376. The van der Waals surface area contributed by atoms with Gasteiger partial charge in [-0.15, -0.1) is 0 Å². The molecule has 1 N–H and O–H groups in total. The van der Waals surface area contributed by atoms with Gasteiger partial charge in [-0.25, -0.2) is 4.39 Å². The van der Waals surface area contributed by atoms with Crippen LogP contribution in [0.5, 0.6) is 0 Å². The van der Waals surface area contributed by atoms with Crippen LogP contribution in [0.15, 0.2) is 34.8 Å². The summed E-state index contributed by atoms with van der Waals surface area (Å²) >= 11 is 20.7. The van der Waals surface area contributed by atoms with E-state index in [4.69, 9.17) is 35.4 Å². The summed E-state index contributed by atoms with van der Waals surface area (Å²) in [5.41, 5.74) is 1.91. The highest BCUT2D eigenvalue weighted by molar-refractivity contribution is 9.10. The molecule has 0 saturated carbocycles. The van der Waals surface area contributed by atoms with Gasteiger partial charge in [0.1, 0.15) is 5.82 Å². The van der Waals surface area contributed by atoms with Crippen molar-refractivity contribution in [2.45, 2.75) is 0 Å². The maximum atomic E-state index is 13.8. The minimum Gasteiger partial charge on any atom is -0.330 e. The molecule has 0 saturated heterocycles. The van der Waals surface area contributed by atoms with E-state index >= 15 is 0 Å². The first-order chi connectivity index (χ1) is 9.49. The zero-order valence-corrected chi connectivity index (χ0v) is 13.7. The first-order valence-corrected chi connectivity index (χ1v) is 7.49. The lowest BCUT2D eigenvalue weighted by Gasteiger charge is -2.08. The molecule has 20 heavy (non-hydrogen) atoms. The van der Waals surface area contributed by atoms with Crippen LogP contribution in [-0.4, -0.2) is 9.55 Å². The van der Waals surface area contributed by atoms with Gasteiger partial charge in [0.05, 0.1) is 31.2 Å². The Morgan fingerprint density at radius 1 is 1.25 bits per heavy atom. The van der Waals surface area contributed by atoms with Crippen molar-refractivity contribution in [1.82, 2.24) is 9.55 Å². The van der Waals surface area contributed by atoms with E-state index in [1.807, 2.05) is 0 Å². The van der Waals surface area contributed by atoms with Crippen LogP contribution in [0.1, 0.15) is 0 Å². The summed E-state index contributed by atoms with van der Waals surface area (Å²) in [6.45, 7) is 0. The van der Waals surface area contributed by atoms with Gasteiger partial charge in [0.2, 0.25) is 0 Å². The molecule has 0 unspecified atom stereocenters. The third-order valence-corrected chi connectivity index (χ3v) is 4.60. The molecular formula is C13H6BrCl2FN2S. The van der Waals surface area contributed by atoms with E-state index in [1.54, 1.807) is 28.8 Å². The summed E-state index contributed by atoms with van der Waals surface area (Å²) in [5, 5.41) is 0.785. The Hall–Kier alpha value is -0.880. The third-order valence-electron chi connectivity index (χ3n) is 2.90. The van der Waals surface area contributed by atoms with Crippen molar-refractivity contribution in [3.63, 3.8) is 0 Å². The number of nitrogens with one attached hydrogen (secondary N) is 1. The number of hydrogen-bond acceptors (Lipinski definition) is 1. The maximum absolute atomic E-state index is 13.8. The van der Waals surface area contributed by atoms with Gasteiger partial charge in [-0.3, -0.25) is 4.57 Å². The Labute approximate surface area is 137 Å². The van der Waals surface area contributed by atoms with Gasteiger partial charge in [-0.05, 0) is 46.3 Å². The lowest BCUT2D eigenvalue weighted by atomic mass is 10.2. The van der Waals surface area contributed by atoms with Gasteiger partial charge in [0, 0.05) is 6.07 Å². The molecule has 1 heterocycles. The Morgan fingerprint density at radius 3 is 2.75 bits per heavy atom. The highest BCUT2D eigenvalue weighted by atomic mass is 79.9. The van der Waals surface area contributed by atoms with Crippen molar-refractivity contribution in [1.29, 1.82) is 0 Å². The fraction of sp³-hybridized carbons (Fsp3) is 0. The Kier molecular flexibility index (Phi) is 3.62. The molecule has 0 fully saturated rings. The minimum absolute atomic E-state index is 0.366. The second-order valence-corrected chi connectivity index (χ2v) is 6.15. The highest BCUT2D eigenvalue weighted by Crippen LogP contribution is 2.32. The normalized spacial score (nSPS) is 11.2. The zero-order chi connectivity index (χ0) is 14.4. The van der Waals surface area contributed by atoms with Gasteiger partial charge >= 0.3 is 0 Å². The number of imidazole rings is 1. The molecule has 7 heteroatoms. The topological polar surface area (TPSA) is 20.7 Å². The number of benzene rings is 2. The number of hydrogen-bond donors (Lipinski definition) is 1. The molecule has 0 atom stereocenters. The molecule has 102 valence electrons. The monoisotopic (exact) mass is 390 g/mol. The van der Waals surface area contributed by atoms with E-state index < -0.39 is 0 Å². The molecule has 0 aliphatic heterocycles. The second-order valence-electron chi connectivity index (χ2n) is 4.12. The predicted molar refractivity (Wildman–Crippen MR) is 86.1 cm³/mol. The van der Waals surface area contributed by atoms with Crippen LogP contribution in [0.4, 0.5) is 4.39 Å². The number of nitrogens with zero attached hydrogens (tertiary/aromatic N) is 1. The lowest BCUT2D eigenvalue weighted by Crippen LogP contribution is -1.95. The standard InChI is InChI=1S/C13H6BrCl2FN2S/c14-6-4-9-11(5-8(6)17)19(13(20)18-9)10-3-1-2-7(15)12(10)16/h1-5H,(H,18,20). The van der Waals surface area contributed by atoms with Crippen molar-refractivity contribution in [3.05, 3.63) is 55.4 Å². The molecule has 0 amide bonds. The number of aromatic amines is 1. The van der Waals surface area contributed by atoms with Crippen molar-refractivity contribution < 1.29 is 4.39 Å². The molecule has 0 radical (unpaired) electrons. The Balaban J connectivity index is 2.42. The SMILES string of the molecule is Fc1cc2c(cc1Br)[nH]c(=S)n2-c1cccc(Cl)c1Cl. The molecule has 0 bridgehead atoms. The highest BCUT2D eigenvalue weighted by Gasteiger charge is 2.13. The number of fused-ring (bicyclic) bond motifs is 1. The van der Waals surface area contributed by atoms with Gasteiger partial charge in [-0.2, -0.15) is 0 Å². The first-order valence-electron chi connectivity index (χ1n) is 5.53. The summed E-state index contributed by atoms with van der Waals surface area (Å²) in [7, 11) is 0. The van der Waals surface area contributed by atoms with Gasteiger partial charge in [0.25, 0.3) is 0 Å². The minimum atomic E-state index is -0.376. The summed E-state index contributed by atoms with van der Waals surface area (Å²) in [4.78, 5) is 3.02. The molecule has 1 aromatic heterocycles. The quantitative estimate of drug-likeness (QED) is 0.512. The molecule has 2 aromatic carbocycles. The van der Waals surface area contributed by atoms with Crippen LogP contribution in [0.2, 0.25) is 10.0 Å². The van der Waals surface area contributed by atoms with E-state index in [2.05, 4.69) is 20.9 Å². The fourth-order valence-electron chi connectivity index (χ4n) is 2.01. The zero-order valence-electron chi connectivity index (χ0n) is 9.75. The summed E-state index contributed by atoms with van der Waals surface area (Å²) in [6, 6.07) is 8.25. The molecule has 0 aliphatic rings. The fourth-order valence-corrected chi connectivity index (χ4v) is 3.04. The Morgan fingerprint density at radius 2 is 2.00 bits per heavy atom. The summed E-state index contributed by atoms with van der Waals surface area (Å²) in [6.07, 6.45) is 0. The predicted octanol–water partition coefficient (Wildman–Crippen LogP) is 5.90.